The summed E-state index contributed by atoms with van der Waals surface area (Å²) < 4.78 is 36.0. The molecule has 4 aromatic rings. The number of hydrogen-bond donors (Lipinski definition) is 2. The van der Waals surface area contributed by atoms with Crippen molar-refractivity contribution in [2.24, 2.45) is 0 Å². The van der Waals surface area contributed by atoms with Crippen LogP contribution in [0.1, 0.15) is 24.3 Å². The van der Waals surface area contributed by atoms with Gasteiger partial charge in [-0.1, -0.05) is 0 Å². The summed E-state index contributed by atoms with van der Waals surface area (Å²) in [5.74, 6) is -2.07. The monoisotopic (exact) mass is 483 g/mol. The van der Waals surface area contributed by atoms with Crippen molar-refractivity contribution in [3.05, 3.63) is 52.5 Å². The molecule has 8 nitrogen and oxygen atoms in total. The molecule has 3 aromatic heterocycles. The molecular weight excluding hydrogens is 460 g/mol. The molecule has 0 atom stereocenters. The van der Waals surface area contributed by atoms with Crippen molar-refractivity contribution >= 4 is 17.2 Å². The molecule has 0 bridgehead atoms. The average molecular weight is 484 g/mol. The summed E-state index contributed by atoms with van der Waals surface area (Å²) in [5, 5.41) is 15.0. The molecule has 176 valence electrons. The van der Waals surface area contributed by atoms with E-state index < -0.39 is 11.6 Å². The summed E-state index contributed by atoms with van der Waals surface area (Å²) in [5.41, 5.74) is 8.61. The standard InChI is InChI=1S/C23H23F2N7OS/c1-12(2)33-17-4-3-16(20(24)21(17)25)32-23(29-30-31-32)15-9-14(11-28-22(15)26)19-10-13-5-7-27-8-6-18(13)34-19/h3-4,9-12,27H,5-8H2,1-2H3,(H2,26,28). The molecule has 0 radical (unpaired) electrons. The van der Waals surface area contributed by atoms with Crippen LogP contribution in [-0.4, -0.2) is 44.4 Å². The van der Waals surface area contributed by atoms with Crippen molar-refractivity contribution in [2.45, 2.75) is 32.8 Å². The maximum Gasteiger partial charge on any atom is 0.202 e. The van der Waals surface area contributed by atoms with Gasteiger partial charge in [0.2, 0.25) is 5.82 Å². The maximum absolute atomic E-state index is 15.0. The minimum absolute atomic E-state index is 0.157. The van der Waals surface area contributed by atoms with Gasteiger partial charge in [-0.05, 0) is 80.0 Å². The normalized spacial score (nSPS) is 13.7. The van der Waals surface area contributed by atoms with E-state index in [1.54, 1.807) is 31.4 Å². The number of ether oxygens (including phenoxy) is 1. The fraction of sp³-hybridized carbons (Fsp3) is 0.304. The van der Waals surface area contributed by atoms with Gasteiger partial charge in [0.25, 0.3) is 0 Å². The first kappa shape index (κ1) is 22.4. The van der Waals surface area contributed by atoms with Crippen LogP contribution in [0.4, 0.5) is 14.6 Å². The van der Waals surface area contributed by atoms with E-state index in [-0.39, 0.29) is 29.2 Å². The molecule has 1 aliphatic heterocycles. The van der Waals surface area contributed by atoms with E-state index in [1.165, 1.54) is 22.6 Å². The Hall–Kier alpha value is -3.44. The zero-order valence-electron chi connectivity index (χ0n) is 18.7. The van der Waals surface area contributed by atoms with Crippen LogP contribution in [0.3, 0.4) is 0 Å². The minimum Gasteiger partial charge on any atom is -0.488 e. The van der Waals surface area contributed by atoms with Crippen LogP contribution in [0, 0.1) is 11.6 Å². The topological polar surface area (TPSA) is 104 Å². The molecule has 0 spiro atoms. The molecule has 5 rings (SSSR count). The zero-order valence-corrected chi connectivity index (χ0v) is 19.5. The number of aromatic nitrogens is 5. The number of thiophene rings is 1. The Bertz CT molecular complexity index is 1330. The minimum atomic E-state index is -1.12. The third-order valence-electron chi connectivity index (χ3n) is 5.53. The van der Waals surface area contributed by atoms with Gasteiger partial charge in [-0.15, -0.1) is 16.4 Å². The molecule has 4 heterocycles. The largest absolute Gasteiger partial charge is 0.488 e. The summed E-state index contributed by atoms with van der Waals surface area (Å²) in [7, 11) is 0. The maximum atomic E-state index is 15.0. The number of halogens is 2. The first-order valence-corrected chi connectivity index (χ1v) is 11.8. The van der Waals surface area contributed by atoms with Gasteiger partial charge in [0.15, 0.2) is 17.4 Å². The molecular formula is C23H23F2N7OS. The van der Waals surface area contributed by atoms with Gasteiger partial charge in [-0.2, -0.15) is 9.07 Å². The van der Waals surface area contributed by atoms with Crippen LogP contribution in [0.25, 0.3) is 27.5 Å². The van der Waals surface area contributed by atoms with Gasteiger partial charge in [0.05, 0.1) is 11.7 Å². The Balaban J connectivity index is 1.55. The Morgan fingerprint density at radius 2 is 1.97 bits per heavy atom. The molecule has 11 heteroatoms. The quantitative estimate of drug-likeness (QED) is 0.445. The summed E-state index contributed by atoms with van der Waals surface area (Å²) in [6.45, 7) is 5.37. The number of rotatable bonds is 5. The van der Waals surface area contributed by atoms with Crippen LogP contribution in [0.5, 0.6) is 5.75 Å². The Labute approximate surface area is 198 Å². The molecule has 1 aromatic carbocycles. The number of nitrogens with two attached hydrogens (primary N) is 1. The van der Waals surface area contributed by atoms with Crippen molar-refractivity contribution in [2.75, 3.05) is 18.8 Å². The number of nitrogen functional groups attached to an aromatic ring is 1. The van der Waals surface area contributed by atoms with Crippen LogP contribution in [0.15, 0.2) is 30.5 Å². The highest BCUT2D eigenvalue weighted by Crippen LogP contribution is 2.36. The second-order valence-electron chi connectivity index (χ2n) is 8.26. The highest BCUT2D eigenvalue weighted by molar-refractivity contribution is 7.15. The van der Waals surface area contributed by atoms with Gasteiger partial charge >= 0.3 is 0 Å². The second kappa shape index (κ2) is 9.07. The summed E-state index contributed by atoms with van der Waals surface area (Å²) in [4.78, 5) is 6.75. The molecule has 3 N–H and O–H groups in total. The second-order valence-corrected chi connectivity index (χ2v) is 9.39. The molecule has 0 aliphatic carbocycles. The number of pyridine rings is 1. The molecule has 0 fully saturated rings. The number of anilines is 1. The Morgan fingerprint density at radius 3 is 2.79 bits per heavy atom. The van der Waals surface area contributed by atoms with E-state index in [1.807, 2.05) is 6.07 Å². The van der Waals surface area contributed by atoms with Crippen LogP contribution < -0.4 is 15.8 Å². The van der Waals surface area contributed by atoms with E-state index in [0.717, 1.165) is 41.1 Å². The lowest BCUT2D eigenvalue weighted by Gasteiger charge is -2.13. The van der Waals surface area contributed by atoms with Crippen molar-refractivity contribution < 1.29 is 13.5 Å². The van der Waals surface area contributed by atoms with Crippen LogP contribution in [0.2, 0.25) is 0 Å². The van der Waals surface area contributed by atoms with E-state index in [0.29, 0.717) is 5.56 Å². The molecule has 1 aliphatic rings. The lowest BCUT2D eigenvalue weighted by atomic mass is 10.1. The van der Waals surface area contributed by atoms with Crippen molar-refractivity contribution in [3.8, 4) is 33.3 Å². The Kier molecular flexibility index (Phi) is 5.96. The molecule has 0 amide bonds. The van der Waals surface area contributed by atoms with Crippen molar-refractivity contribution in [3.63, 3.8) is 0 Å². The molecule has 0 saturated carbocycles. The predicted octanol–water partition coefficient (Wildman–Crippen LogP) is 3.79. The zero-order chi connectivity index (χ0) is 23.8. The predicted molar refractivity (Wildman–Crippen MR) is 126 cm³/mol. The fourth-order valence-corrected chi connectivity index (χ4v) is 5.11. The molecule has 0 unspecified atom stereocenters. The molecule has 34 heavy (non-hydrogen) atoms. The lowest BCUT2D eigenvalue weighted by Crippen LogP contribution is -2.16. The number of tetrazole rings is 1. The van der Waals surface area contributed by atoms with E-state index in [9.17, 15) is 8.78 Å². The summed E-state index contributed by atoms with van der Waals surface area (Å²) in [6, 6.07) is 6.73. The smallest absolute Gasteiger partial charge is 0.202 e. The van der Waals surface area contributed by atoms with E-state index in [4.69, 9.17) is 10.5 Å². The number of nitrogens with zero attached hydrogens (tertiary/aromatic N) is 5. The Morgan fingerprint density at radius 1 is 1.15 bits per heavy atom. The van der Waals surface area contributed by atoms with Crippen molar-refractivity contribution in [1.29, 1.82) is 0 Å². The number of fused-ring (bicyclic) bond motifs is 1. The van der Waals surface area contributed by atoms with Gasteiger partial charge in [-0.3, -0.25) is 0 Å². The van der Waals surface area contributed by atoms with Gasteiger partial charge in [-0.25, -0.2) is 9.37 Å². The van der Waals surface area contributed by atoms with Gasteiger partial charge in [0.1, 0.15) is 11.5 Å². The lowest BCUT2D eigenvalue weighted by molar-refractivity contribution is 0.228. The average Bonchev–Trinajstić information content (AvgIpc) is 3.39. The highest BCUT2D eigenvalue weighted by Gasteiger charge is 2.23. The van der Waals surface area contributed by atoms with E-state index >= 15 is 0 Å². The first-order chi connectivity index (χ1) is 16.4. The van der Waals surface area contributed by atoms with E-state index in [2.05, 4.69) is 31.9 Å². The summed E-state index contributed by atoms with van der Waals surface area (Å²) >= 11 is 1.72. The number of benzene rings is 1. The summed E-state index contributed by atoms with van der Waals surface area (Å²) in [6.07, 6.45) is 3.35. The van der Waals surface area contributed by atoms with Gasteiger partial charge < -0.3 is 15.8 Å². The number of nitrogens with one attached hydrogen (secondary N) is 1. The number of hydrogen-bond acceptors (Lipinski definition) is 8. The fourth-order valence-electron chi connectivity index (χ4n) is 3.92. The molecule has 0 saturated heterocycles. The van der Waals surface area contributed by atoms with Crippen LogP contribution in [-0.2, 0) is 12.8 Å². The SMILES string of the molecule is CC(C)Oc1ccc(-n2nnnc2-c2cc(-c3cc4c(s3)CCNCC4)cnc2N)c(F)c1F. The third-order valence-corrected chi connectivity index (χ3v) is 6.81. The van der Waals surface area contributed by atoms with Crippen molar-refractivity contribution in [1.82, 2.24) is 30.5 Å². The highest BCUT2D eigenvalue weighted by atomic mass is 32.1. The first-order valence-electron chi connectivity index (χ1n) is 10.9. The third kappa shape index (κ3) is 4.12. The van der Waals surface area contributed by atoms with Crippen LogP contribution >= 0.6 is 11.3 Å². The van der Waals surface area contributed by atoms with Gasteiger partial charge in [0, 0.05) is 21.5 Å².